The molecule has 12 heavy (non-hydrogen) atoms. The Hall–Kier alpha value is -0.220. The third kappa shape index (κ3) is 2.38. The normalized spacial score (nSPS) is 22.0. The summed E-state index contributed by atoms with van der Waals surface area (Å²) in [6, 6.07) is 0. The first-order valence-electron chi connectivity index (χ1n) is 4.28. The van der Waals surface area contributed by atoms with Gasteiger partial charge in [0.1, 0.15) is 0 Å². The predicted octanol–water partition coefficient (Wildman–Crippen LogP) is 1.74. The lowest BCUT2D eigenvalue weighted by Gasteiger charge is -2.26. The van der Waals surface area contributed by atoms with Crippen molar-refractivity contribution in [3.05, 3.63) is 0 Å². The van der Waals surface area contributed by atoms with Crippen LogP contribution in [0.15, 0.2) is 0 Å². The molecule has 0 heterocycles. The van der Waals surface area contributed by atoms with Crippen molar-refractivity contribution < 1.29 is 13.5 Å². The fraction of sp³-hybridized carbons (Fsp3) is 1.00. The number of rotatable bonds is 4. The van der Waals surface area contributed by atoms with Gasteiger partial charge in [0, 0.05) is 12.0 Å². The van der Waals surface area contributed by atoms with Crippen molar-refractivity contribution in [3.8, 4) is 0 Å². The van der Waals surface area contributed by atoms with Crippen LogP contribution in [0.5, 0.6) is 0 Å². The molecule has 0 radical (unpaired) electrons. The highest BCUT2D eigenvalue weighted by atomic mass is 19.3. The number of alkyl halides is 2. The zero-order valence-corrected chi connectivity index (χ0v) is 7.06. The Morgan fingerprint density at radius 3 is 2.33 bits per heavy atom. The van der Waals surface area contributed by atoms with E-state index in [0.29, 0.717) is 6.54 Å². The Balaban J connectivity index is 2.34. The van der Waals surface area contributed by atoms with Crippen LogP contribution in [0.25, 0.3) is 0 Å². The fourth-order valence-electron chi connectivity index (χ4n) is 1.77. The van der Waals surface area contributed by atoms with E-state index in [0.717, 1.165) is 25.7 Å². The molecule has 1 saturated carbocycles. The maximum Gasteiger partial charge on any atom is 0.345 e. The molecule has 0 unspecified atom stereocenters. The van der Waals surface area contributed by atoms with Crippen LogP contribution in [-0.4, -0.2) is 19.8 Å². The van der Waals surface area contributed by atoms with Gasteiger partial charge >= 0.3 is 6.61 Å². The van der Waals surface area contributed by atoms with E-state index in [-0.39, 0.29) is 12.0 Å². The third-order valence-electron chi connectivity index (χ3n) is 2.61. The van der Waals surface area contributed by atoms with E-state index in [1.807, 2.05) is 0 Å². The van der Waals surface area contributed by atoms with E-state index in [1.165, 1.54) is 0 Å². The lowest BCUT2D eigenvalue weighted by Crippen LogP contribution is -2.33. The average Bonchev–Trinajstić information content (AvgIpc) is 2.50. The van der Waals surface area contributed by atoms with Gasteiger partial charge in [0.25, 0.3) is 0 Å². The minimum absolute atomic E-state index is 0.112. The van der Waals surface area contributed by atoms with Crippen molar-refractivity contribution >= 4 is 0 Å². The lowest BCUT2D eigenvalue weighted by atomic mass is 9.87. The van der Waals surface area contributed by atoms with Crippen LogP contribution in [0.2, 0.25) is 0 Å². The average molecular weight is 179 g/mol. The number of halogens is 2. The molecule has 1 aliphatic carbocycles. The monoisotopic (exact) mass is 179 g/mol. The molecule has 0 saturated heterocycles. The SMILES string of the molecule is NCC1(COC(F)F)CCCC1. The topological polar surface area (TPSA) is 35.2 Å². The van der Waals surface area contributed by atoms with Crippen LogP contribution in [0.3, 0.4) is 0 Å². The van der Waals surface area contributed by atoms with Crippen molar-refractivity contribution in [2.45, 2.75) is 32.3 Å². The Morgan fingerprint density at radius 1 is 1.33 bits per heavy atom. The molecule has 1 rings (SSSR count). The fourth-order valence-corrected chi connectivity index (χ4v) is 1.77. The Labute approximate surface area is 71.1 Å². The van der Waals surface area contributed by atoms with Gasteiger partial charge in [-0.1, -0.05) is 12.8 Å². The Bertz CT molecular complexity index is 135. The van der Waals surface area contributed by atoms with Crippen molar-refractivity contribution in [2.24, 2.45) is 11.1 Å². The van der Waals surface area contributed by atoms with Crippen LogP contribution < -0.4 is 5.73 Å². The third-order valence-corrected chi connectivity index (χ3v) is 2.61. The number of hydrogen-bond donors (Lipinski definition) is 1. The smallest absolute Gasteiger partial charge is 0.330 e. The summed E-state index contributed by atoms with van der Waals surface area (Å²) in [6.07, 6.45) is 4.03. The molecule has 0 aromatic carbocycles. The largest absolute Gasteiger partial charge is 0.345 e. The maximum atomic E-state index is 11.7. The van der Waals surface area contributed by atoms with E-state index in [1.54, 1.807) is 0 Å². The first-order valence-corrected chi connectivity index (χ1v) is 4.28. The molecule has 1 aliphatic rings. The van der Waals surface area contributed by atoms with Gasteiger partial charge in [-0.25, -0.2) is 0 Å². The molecular weight excluding hydrogens is 164 g/mol. The summed E-state index contributed by atoms with van der Waals surface area (Å²) in [6.45, 7) is -2.09. The molecule has 0 atom stereocenters. The van der Waals surface area contributed by atoms with Gasteiger partial charge in [-0.2, -0.15) is 8.78 Å². The molecule has 2 nitrogen and oxygen atoms in total. The molecule has 4 heteroatoms. The van der Waals surface area contributed by atoms with E-state index >= 15 is 0 Å². The molecule has 0 spiro atoms. The van der Waals surface area contributed by atoms with E-state index in [2.05, 4.69) is 4.74 Å². The van der Waals surface area contributed by atoms with Gasteiger partial charge in [-0.3, -0.25) is 0 Å². The van der Waals surface area contributed by atoms with Gasteiger partial charge in [-0.05, 0) is 12.8 Å². The second-order valence-corrected chi connectivity index (χ2v) is 3.48. The summed E-state index contributed by atoms with van der Waals surface area (Å²) < 4.78 is 27.8. The highest BCUT2D eigenvalue weighted by molar-refractivity contribution is 4.85. The van der Waals surface area contributed by atoms with Crippen molar-refractivity contribution in [1.82, 2.24) is 0 Å². The van der Waals surface area contributed by atoms with Crippen LogP contribution in [0.4, 0.5) is 8.78 Å². The summed E-state index contributed by atoms with van der Waals surface area (Å²) in [7, 11) is 0. The van der Waals surface area contributed by atoms with Gasteiger partial charge in [0.05, 0.1) is 6.61 Å². The van der Waals surface area contributed by atoms with Gasteiger partial charge < -0.3 is 10.5 Å². The molecule has 72 valence electrons. The summed E-state index contributed by atoms with van der Waals surface area (Å²) in [4.78, 5) is 0. The number of hydrogen-bond acceptors (Lipinski definition) is 2. The maximum absolute atomic E-state index is 11.7. The Kier molecular flexibility index (Phi) is 3.40. The van der Waals surface area contributed by atoms with Crippen LogP contribution in [-0.2, 0) is 4.74 Å². The second-order valence-electron chi connectivity index (χ2n) is 3.48. The first-order chi connectivity index (χ1) is 5.68. The first kappa shape index (κ1) is 9.86. The molecule has 0 aromatic heterocycles. The second kappa shape index (κ2) is 4.14. The molecule has 1 fully saturated rings. The Morgan fingerprint density at radius 2 is 1.92 bits per heavy atom. The molecule has 0 bridgehead atoms. The number of nitrogens with two attached hydrogens (primary N) is 1. The van der Waals surface area contributed by atoms with Gasteiger partial charge in [0.2, 0.25) is 0 Å². The summed E-state index contributed by atoms with van der Waals surface area (Å²) >= 11 is 0. The molecule has 0 amide bonds. The zero-order valence-electron chi connectivity index (χ0n) is 7.06. The summed E-state index contributed by atoms with van der Waals surface area (Å²) in [5.41, 5.74) is 5.37. The zero-order chi connectivity index (χ0) is 9.03. The minimum Gasteiger partial charge on any atom is -0.330 e. The molecular formula is C8H15F2NO. The van der Waals surface area contributed by atoms with Gasteiger partial charge in [0.15, 0.2) is 0 Å². The van der Waals surface area contributed by atoms with Crippen molar-refractivity contribution in [3.63, 3.8) is 0 Å². The molecule has 0 aliphatic heterocycles. The predicted molar refractivity (Wildman–Crippen MR) is 41.9 cm³/mol. The van der Waals surface area contributed by atoms with Gasteiger partial charge in [-0.15, -0.1) is 0 Å². The quantitative estimate of drug-likeness (QED) is 0.713. The lowest BCUT2D eigenvalue weighted by molar-refractivity contribution is -0.150. The minimum atomic E-state index is -2.66. The van der Waals surface area contributed by atoms with E-state index < -0.39 is 6.61 Å². The van der Waals surface area contributed by atoms with Crippen molar-refractivity contribution in [2.75, 3.05) is 13.2 Å². The standard InChI is InChI=1S/C8H15F2NO/c9-7(10)12-6-8(5-11)3-1-2-4-8/h7H,1-6,11H2. The molecule has 0 aromatic rings. The van der Waals surface area contributed by atoms with E-state index in [9.17, 15) is 8.78 Å². The van der Waals surface area contributed by atoms with Crippen LogP contribution in [0.1, 0.15) is 25.7 Å². The van der Waals surface area contributed by atoms with Crippen LogP contribution in [0, 0.1) is 5.41 Å². The van der Waals surface area contributed by atoms with Crippen LogP contribution >= 0.6 is 0 Å². The number of ether oxygens (including phenoxy) is 1. The molecule has 2 N–H and O–H groups in total. The summed E-state index contributed by atoms with van der Waals surface area (Å²) in [5.74, 6) is 0. The highest BCUT2D eigenvalue weighted by Gasteiger charge is 2.33. The summed E-state index contributed by atoms with van der Waals surface area (Å²) in [5, 5.41) is 0. The highest BCUT2D eigenvalue weighted by Crippen LogP contribution is 2.37. The van der Waals surface area contributed by atoms with Crippen molar-refractivity contribution in [1.29, 1.82) is 0 Å². The van der Waals surface area contributed by atoms with E-state index in [4.69, 9.17) is 5.73 Å².